The average molecular weight is 211 g/mol. The zero-order chi connectivity index (χ0) is 11.1. The van der Waals surface area contributed by atoms with Gasteiger partial charge in [0.1, 0.15) is 0 Å². The fourth-order valence-corrected chi connectivity index (χ4v) is 2.68. The molecule has 1 aliphatic carbocycles. The summed E-state index contributed by atoms with van der Waals surface area (Å²) in [5.41, 5.74) is 0. The van der Waals surface area contributed by atoms with Crippen LogP contribution in [0.5, 0.6) is 0 Å². The number of nitrogens with one attached hydrogen (secondary N) is 1. The molecule has 3 unspecified atom stereocenters. The summed E-state index contributed by atoms with van der Waals surface area (Å²) in [6, 6.07) is 0.726. The highest BCUT2D eigenvalue weighted by molar-refractivity contribution is 4.77. The van der Waals surface area contributed by atoms with E-state index in [1.54, 1.807) is 0 Å². The first-order valence-electron chi connectivity index (χ1n) is 6.97. The monoisotopic (exact) mass is 211 g/mol. The molecule has 1 saturated carbocycles. The van der Waals surface area contributed by atoms with Crippen LogP contribution in [0.4, 0.5) is 0 Å². The van der Waals surface area contributed by atoms with Crippen molar-refractivity contribution in [1.29, 1.82) is 0 Å². The third kappa shape index (κ3) is 5.01. The molecular weight excluding hydrogens is 182 g/mol. The van der Waals surface area contributed by atoms with Crippen LogP contribution in [0.1, 0.15) is 65.7 Å². The quantitative estimate of drug-likeness (QED) is 0.628. The van der Waals surface area contributed by atoms with Crippen LogP contribution in [-0.4, -0.2) is 12.6 Å². The van der Waals surface area contributed by atoms with Gasteiger partial charge in [0.2, 0.25) is 0 Å². The summed E-state index contributed by atoms with van der Waals surface area (Å²) in [6.07, 6.45) is 9.85. The lowest BCUT2D eigenvalue weighted by molar-refractivity contribution is 0.363. The third-order valence-electron chi connectivity index (χ3n) is 4.01. The largest absolute Gasteiger partial charge is 0.314 e. The molecule has 3 atom stereocenters. The van der Waals surface area contributed by atoms with Crippen LogP contribution in [0.3, 0.4) is 0 Å². The van der Waals surface area contributed by atoms with E-state index in [1.807, 2.05) is 0 Å². The van der Waals surface area contributed by atoms with E-state index in [4.69, 9.17) is 0 Å². The highest BCUT2D eigenvalue weighted by Crippen LogP contribution is 2.30. The Morgan fingerprint density at radius 2 is 2.07 bits per heavy atom. The lowest BCUT2D eigenvalue weighted by Gasteiger charge is -2.20. The predicted molar refractivity (Wildman–Crippen MR) is 68.1 cm³/mol. The summed E-state index contributed by atoms with van der Waals surface area (Å²) in [5.74, 6) is 1.92. The molecule has 0 aliphatic heterocycles. The molecule has 90 valence electrons. The predicted octanol–water partition coefficient (Wildman–Crippen LogP) is 3.98. The van der Waals surface area contributed by atoms with Gasteiger partial charge >= 0.3 is 0 Å². The van der Waals surface area contributed by atoms with E-state index < -0.39 is 0 Å². The van der Waals surface area contributed by atoms with Gasteiger partial charge < -0.3 is 5.32 Å². The van der Waals surface area contributed by atoms with Crippen LogP contribution in [-0.2, 0) is 0 Å². The molecule has 1 nitrogen and oxygen atoms in total. The van der Waals surface area contributed by atoms with Gasteiger partial charge in [0.05, 0.1) is 0 Å². The minimum Gasteiger partial charge on any atom is -0.314 e. The van der Waals surface area contributed by atoms with Crippen LogP contribution in [0.15, 0.2) is 0 Å². The van der Waals surface area contributed by atoms with E-state index in [2.05, 4.69) is 26.1 Å². The van der Waals surface area contributed by atoms with Crippen LogP contribution in [0, 0.1) is 11.8 Å². The Morgan fingerprint density at radius 1 is 1.27 bits per heavy atom. The Labute approximate surface area is 96.0 Å². The van der Waals surface area contributed by atoms with Crippen molar-refractivity contribution >= 4 is 0 Å². The van der Waals surface area contributed by atoms with Crippen molar-refractivity contribution in [3.05, 3.63) is 0 Å². The van der Waals surface area contributed by atoms with Gasteiger partial charge in [-0.1, -0.05) is 46.0 Å². The highest BCUT2D eigenvalue weighted by Gasteiger charge is 2.22. The molecular formula is C14H29N. The molecule has 0 amide bonds. The van der Waals surface area contributed by atoms with Crippen molar-refractivity contribution in [2.45, 2.75) is 71.8 Å². The van der Waals surface area contributed by atoms with Gasteiger partial charge in [-0.3, -0.25) is 0 Å². The number of unbranched alkanes of at least 4 members (excludes halogenated alkanes) is 2. The normalized spacial score (nSPS) is 28.2. The van der Waals surface area contributed by atoms with Crippen molar-refractivity contribution in [3.8, 4) is 0 Å². The lowest BCUT2D eigenvalue weighted by atomic mass is 9.97. The topological polar surface area (TPSA) is 12.0 Å². The van der Waals surface area contributed by atoms with E-state index in [9.17, 15) is 0 Å². The molecule has 0 saturated heterocycles. The molecule has 1 heteroatoms. The molecule has 0 bridgehead atoms. The van der Waals surface area contributed by atoms with Crippen LogP contribution in [0.2, 0.25) is 0 Å². The number of hydrogen-bond donors (Lipinski definition) is 1. The van der Waals surface area contributed by atoms with Gasteiger partial charge in [-0.15, -0.1) is 0 Å². The fraction of sp³-hybridized carbons (Fsp3) is 1.00. The minimum atomic E-state index is 0.726. The zero-order valence-electron chi connectivity index (χ0n) is 10.9. The molecule has 1 aliphatic rings. The summed E-state index contributed by atoms with van der Waals surface area (Å²) < 4.78 is 0. The molecule has 0 aromatic carbocycles. The Balaban J connectivity index is 2.03. The molecule has 0 radical (unpaired) electrons. The van der Waals surface area contributed by atoms with E-state index >= 15 is 0 Å². The summed E-state index contributed by atoms with van der Waals surface area (Å²) in [7, 11) is 0. The number of rotatable bonds is 7. The third-order valence-corrected chi connectivity index (χ3v) is 4.01. The zero-order valence-corrected chi connectivity index (χ0v) is 10.9. The van der Waals surface area contributed by atoms with E-state index in [0.29, 0.717) is 0 Å². The molecule has 1 fully saturated rings. The van der Waals surface area contributed by atoms with Crippen molar-refractivity contribution in [3.63, 3.8) is 0 Å². The maximum absolute atomic E-state index is 3.71. The molecule has 1 rings (SSSR count). The van der Waals surface area contributed by atoms with Gasteiger partial charge in [0, 0.05) is 6.04 Å². The second-order valence-electron chi connectivity index (χ2n) is 5.47. The lowest BCUT2D eigenvalue weighted by Crippen LogP contribution is -2.32. The molecule has 1 N–H and O–H groups in total. The summed E-state index contributed by atoms with van der Waals surface area (Å²) in [5, 5.41) is 3.71. The molecule has 0 spiro atoms. The van der Waals surface area contributed by atoms with Gasteiger partial charge in [-0.05, 0) is 38.1 Å². The summed E-state index contributed by atoms with van der Waals surface area (Å²) >= 11 is 0. The van der Waals surface area contributed by atoms with E-state index in [0.717, 1.165) is 17.9 Å². The van der Waals surface area contributed by atoms with Gasteiger partial charge in [0.25, 0.3) is 0 Å². The Bertz CT molecular complexity index is 155. The Kier molecular flexibility index (Phi) is 6.31. The van der Waals surface area contributed by atoms with Gasteiger partial charge in [0.15, 0.2) is 0 Å². The first kappa shape index (κ1) is 13.0. The van der Waals surface area contributed by atoms with E-state index in [1.165, 1.54) is 51.5 Å². The van der Waals surface area contributed by atoms with Crippen LogP contribution < -0.4 is 5.32 Å². The summed E-state index contributed by atoms with van der Waals surface area (Å²) in [6.45, 7) is 8.29. The Morgan fingerprint density at radius 3 is 2.67 bits per heavy atom. The van der Waals surface area contributed by atoms with Gasteiger partial charge in [-0.25, -0.2) is 0 Å². The molecule has 0 heterocycles. The molecule has 0 aromatic rings. The first-order chi connectivity index (χ1) is 7.24. The second kappa shape index (κ2) is 7.27. The van der Waals surface area contributed by atoms with Crippen LogP contribution >= 0.6 is 0 Å². The number of hydrogen-bond acceptors (Lipinski definition) is 1. The maximum Gasteiger partial charge on any atom is 0.00388 e. The molecule has 0 aromatic heterocycles. The van der Waals surface area contributed by atoms with Crippen molar-refractivity contribution < 1.29 is 0 Å². The summed E-state index contributed by atoms with van der Waals surface area (Å²) in [4.78, 5) is 0. The first-order valence-corrected chi connectivity index (χ1v) is 6.97. The van der Waals surface area contributed by atoms with Crippen molar-refractivity contribution in [2.24, 2.45) is 11.8 Å². The van der Waals surface area contributed by atoms with Crippen molar-refractivity contribution in [2.75, 3.05) is 6.54 Å². The minimum absolute atomic E-state index is 0.726. The molecule has 15 heavy (non-hydrogen) atoms. The maximum atomic E-state index is 3.71. The highest BCUT2D eigenvalue weighted by atomic mass is 14.9. The van der Waals surface area contributed by atoms with E-state index in [-0.39, 0.29) is 0 Å². The van der Waals surface area contributed by atoms with Crippen molar-refractivity contribution in [1.82, 2.24) is 5.32 Å². The SMILES string of the molecule is CCCCCC(C)NCC1CCCC1C. The average Bonchev–Trinajstić information content (AvgIpc) is 2.61. The van der Waals surface area contributed by atoms with Gasteiger partial charge in [-0.2, -0.15) is 0 Å². The Hall–Kier alpha value is -0.0400. The standard InChI is InChI=1S/C14H29N/c1-4-5-6-9-13(3)15-11-14-10-7-8-12(14)2/h12-15H,4-11H2,1-3H3. The smallest absolute Gasteiger partial charge is 0.00388 e. The fourth-order valence-electron chi connectivity index (χ4n) is 2.68. The van der Waals surface area contributed by atoms with Crippen LogP contribution in [0.25, 0.3) is 0 Å². The second-order valence-corrected chi connectivity index (χ2v) is 5.47.